The van der Waals surface area contributed by atoms with E-state index < -0.39 is 0 Å². The minimum absolute atomic E-state index is 0.165. The predicted molar refractivity (Wildman–Crippen MR) is 73.1 cm³/mol. The molecule has 2 atom stereocenters. The summed E-state index contributed by atoms with van der Waals surface area (Å²) in [4.78, 5) is 2.39. The van der Waals surface area contributed by atoms with E-state index >= 15 is 0 Å². The Labute approximate surface area is 109 Å². The molecule has 0 saturated carbocycles. The summed E-state index contributed by atoms with van der Waals surface area (Å²) in [5, 5.41) is 3.67. The smallest absolute Gasteiger partial charge is 0.123 e. The van der Waals surface area contributed by atoms with Gasteiger partial charge in [-0.1, -0.05) is 12.1 Å². The summed E-state index contributed by atoms with van der Waals surface area (Å²) < 4.78 is 12.9. The molecule has 0 bridgehead atoms. The Bertz CT molecular complexity index is 363. The zero-order chi connectivity index (χ0) is 13.0. The van der Waals surface area contributed by atoms with Crippen LogP contribution in [0, 0.1) is 5.82 Å². The predicted octanol–water partition coefficient (Wildman–Crippen LogP) is 2.96. The van der Waals surface area contributed by atoms with Crippen molar-refractivity contribution in [2.45, 2.75) is 38.3 Å². The lowest BCUT2D eigenvalue weighted by atomic mass is 10.0. The van der Waals surface area contributed by atoms with E-state index in [0.29, 0.717) is 12.1 Å². The van der Waals surface area contributed by atoms with Crippen LogP contribution >= 0.6 is 0 Å². The van der Waals surface area contributed by atoms with E-state index in [4.69, 9.17) is 0 Å². The molecule has 1 aliphatic rings. The van der Waals surface area contributed by atoms with Gasteiger partial charge in [0.05, 0.1) is 0 Å². The van der Waals surface area contributed by atoms with Crippen LogP contribution in [0.3, 0.4) is 0 Å². The second kappa shape index (κ2) is 6.30. The molecule has 1 aromatic carbocycles. The third-order valence-electron chi connectivity index (χ3n) is 3.81. The van der Waals surface area contributed by atoms with Crippen molar-refractivity contribution in [3.8, 4) is 0 Å². The minimum Gasteiger partial charge on any atom is -0.307 e. The number of nitrogens with zero attached hydrogens (tertiary/aromatic N) is 1. The van der Waals surface area contributed by atoms with Crippen LogP contribution in [0.1, 0.15) is 37.8 Å². The molecule has 0 spiro atoms. The van der Waals surface area contributed by atoms with Gasteiger partial charge >= 0.3 is 0 Å². The molecule has 1 saturated heterocycles. The molecule has 100 valence electrons. The number of hydrogen-bond acceptors (Lipinski definition) is 2. The number of hydrogen-bond donors (Lipinski definition) is 1. The van der Waals surface area contributed by atoms with Crippen molar-refractivity contribution in [1.82, 2.24) is 10.2 Å². The lowest BCUT2D eigenvalue weighted by Crippen LogP contribution is -2.32. The number of halogens is 1. The zero-order valence-corrected chi connectivity index (χ0v) is 11.3. The molecular weight excluding hydrogens is 227 g/mol. The molecule has 3 heteroatoms. The Morgan fingerprint density at radius 1 is 1.22 bits per heavy atom. The molecule has 0 amide bonds. The first-order valence-electron chi connectivity index (χ1n) is 6.85. The monoisotopic (exact) mass is 250 g/mol. The lowest BCUT2D eigenvalue weighted by Gasteiger charge is -2.22. The minimum atomic E-state index is -0.165. The first kappa shape index (κ1) is 13.5. The quantitative estimate of drug-likeness (QED) is 0.887. The summed E-state index contributed by atoms with van der Waals surface area (Å²) in [5.74, 6) is -0.165. The van der Waals surface area contributed by atoms with Gasteiger partial charge in [0.25, 0.3) is 0 Å². The van der Waals surface area contributed by atoms with E-state index in [0.717, 1.165) is 12.1 Å². The second-order valence-corrected chi connectivity index (χ2v) is 5.37. The van der Waals surface area contributed by atoms with Crippen LogP contribution in [-0.2, 0) is 0 Å². The van der Waals surface area contributed by atoms with E-state index in [1.165, 1.54) is 37.9 Å². The Morgan fingerprint density at radius 3 is 2.67 bits per heavy atom. The van der Waals surface area contributed by atoms with Gasteiger partial charge in [0.2, 0.25) is 0 Å². The maximum atomic E-state index is 12.9. The number of nitrogens with one attached hydrogen (secondary N) is 1. The van der Waals surface area contributed by atoms with Crippen LogP contribution in [0.25, 0.3) is 0 Å². The number of rotatable bonds is 3. The van der Waals surface area contributed by atoms with E-state index in [1.54, 1.807) is 0 Å². The van der Waals surface area contributed by atoms with Crippen LogP contribution in [0.4, 0.5) is 4.39 Å². The van der Waals surface area contributed by atoms with Gasteiger partial charge in [-0.3, -0.25) is 0 Å². The number of likely N-dealkylation sites (tertiary alicyclic amines) is 1. The fourth-order valence-electron chi connectivity index (χ4n) is 2.61. The van der Waals surface area contributed by atoms with Gasteiger partial charge in [-0.2, -0.15) is 0 Å². The third kappa shape index (κ3) is 3.79. The molecule has 0 aromatic heterocycles. The molecule has 0 radical (unpaired) electrons. The van der Waals surface area contributed by atoms with Crippen LogP contribution in [0.15, 0.2) is 24.3 Å². The van der Waals surface area contributed by atoms with Gasteiger partial charge in [0.15, 0.2) is 0 Å². The van der Waals surface area contributed by atoms with Crippen molar-refractivity contribution in [1.29, 1.82) is 0 Å². The van der Waals surface area contributed by atoms with Gasteiger partial charge in [-0.05, 0) is 64.0 Å². The van der Waals surface area contributed by atoms with Gasteiger partial charge in [-0.25, -0.2) is 4.39 Å². The molecule has 2 rings (SSSR count). The average Bonchev–Trinajstić information content (AvgIpc) is 2.55. The van der Waals surface area contributed by atoms with Gasteiger partial charge in [0, 0.05) is 12.1 Å². The van der Waals surface area contributed by atoms with Crippen molar-refractivity contribution >= 4 is 0 Å². The Balaban J connectivity index is 1.90. The summed E-state index contributed by atoms with van der Waals surface area (Å²) in [6.07, 6.45) is 3.68. The molecule has 2 nitrogen and oxygen atoms in total. The summed E-state index contributed by atoms with van der Waals surface area (Å²) in [6.45, 7) is 4.51. The molecule has 0 aliphatic carbocycles. The highest BCUT2D eigenvalue weighted by Gasteiger charge is 2.17. The first-order valence-corrected chi connectivity index (χ1v) is 6.85. The van der Waals surface area contributed by atoms with Crippen LogP contribution < -0.4 is 5.32 Å². The standard InChI is InChI=1S/C15H23FN2/c1-12(13-5-7-14(16)8-6-13)17-15-4-3-10-18(2)11-9-15/h5-8,12,15,17H,3-4,9-11H2,1-2H3/t12-,15?/m0/s1. The maximum Gasteiger partial charge on any atom is 0.123 e. The topological polar surface area (TPSA) is 15.3 Å². The maximum absolute atomic E-state index is 12.9. The van der Waals surface area contributed by atoms with Crippen molar-refractivity contribution < 1.29 is 4.39 Å². The second-order valence-electron chi connectivity index (χ2n) is 5.37. The average molecular weight is 250 g/mol. The third-order valence-corrected chi connectivity index (χ3v) is 3.81. The fourth-order valence-corrected chi connectivity index (χ4v) is 2.61. The highest BCUT2D eigenvalue weighted by atomic mass is 19.1. The number of benzene rings is 1. The summed E-state index contributed by atoms with van der Waals surface area (Å²) in [7, 11) is 2.19. The highest BCUT2D eigenvalue weighted by Crippen LogP contribution is 2.17. The van der Waals surface area contributed by atoms with Gasteiger partial charge in [-0.15, -0.1) is 0 Å². The van der Waals surface area contributed by atoms with Gasteiger partial charge in [0.1, 0.15) is 5.82 Å². The lowest BCUT2D eigenvalue weighted by molar-refractivity contribution is 0.340. The van der Waals surface area contributed by atoms with Crippen LogP contribution in [0.5, 0.6) is 0 Å². The molecule has 1 fully saturated rings. The Kier molecular flexibility index (Phi) is 4.72. The summed E-state index contributed by atoms with van der Waals surface area (Å²) in [6, 6.07) is 7.68. The molecule has 18 heavy (non-hydrogen) atoms. The molecule has 1 aromatic rings. The molecule has 1 aliphatic heterocycles. The summed E-state index contributed by atoms with van der Waals surface area (Å²) in [5.41, 5.74) is 1.16. The van der Waals surface area contributed by atoms with Crippen molar-refractivity contribution in [2.24, 2.45) is 0 Å². The van der Waals surface area contributed by atoms with Crippen LogP contribution in [0.2, 0.25) is 0 Å². The van der Waals surface area contributed by atoms with Gasteiger partial charge < -0.3 is 10.2 Å². The largest absolute Gasteiger partial charge is 0.307 e. The van der Waals surface area contributed by atoms with Crippen molar-refractivity contribution in [3.63, 3.8) is 0 Å². The van der Waals surface area contributed by atoms with E-state index in [1.807, 2.05) is 12.1 Å². The molecule has 1 heterocycles. The zero-order valence-electron chi connectivity index (χ0n) is 11.3. The molecular formula is C15H23FN2. The van der Waals surface area contributed by atoms with E-state index in [-0.39, 0.29) is 5.82 Å². The van der Waals surface area contributed by atoms with Crippen molar-refractivity contribution in [2.75, 3.05) is 20.1 Å². The molecule has 1 unspecified atom stereocenters. The molecule has 1 N–H and O–H groups in total. The Morgan fingerprint density at radius 2 is 1.94 bits per heavy atom. The highest BCUT2D eigenvalue weighted by molar-refractivity contribution is 5.19. The summed E-state index contributed by atoms with van der Waals surface area (Å²) >= 11 is 0. The van der Waals surface area contributed by atoms with Crippen molar-refractivity contribution in [3.05, 3.63) is 35.6 Å². The first-order chi connectivity index (χ1) is 8.65. The van der Waals surface area contributed by atoms with E-state index in [9.17, 15) is 4.39 Å². The SMILES string of the molecule is C[C@H](NC1CCCN(C)CC1)c1ccc(F)cc1. The van der Waals surface area contributed by atoms with Crippen LogP contribution in [-0.4, -0.2) is 31.1 Å². The Hall–Kier alpha value is -0.930. The van der Waals surface area contributed by atoms with E-state index in [2.05, 4.69) is 24.2 Å². The fraction of sp³-hybridized carbons (Fsp3) is 0.600. The normalized spacial score (nSPS) is 23.6.